The van der Waals surface area contributed by atoms with Crippen molar-refractivity contribution in [3.05, 3.63) is 17.7 Å². The Labute approximate surface area is 228 Å². The van der Waals surface area contributed by atoms with Gasteiger partial charge in [-0.15, -0.1) is 0 Å². The first-order valence-electron chi connectivity index (χ1n) is 12.9. The lowest BCUT2D eigenvalue weighted by molar-refractivity contribution is -0.142. The molecule has 0 spiro atoms. The third-order valence-corrected chi connectivity index (χ3v) is 10.7. The quantitative estimate of drug-likeness (QED) is 0.328. The molecule has 0 aromatic heterocycles. The molecule has 1 aliphatic carbocycles. The van der Waals surface area contributed by atoms with Crippen molar-refractivity contribution in [3.8, 4) is 5.75 Å². The first kappa shape index (κ1) is 32.3. The van der Waals surface area contributed by atoms with Gasteiger partial charge in [0, 0.05) is 37.9 Å². The van der Waals surface area contributed by atoms with Crippen molar-refractivity contribution in [2.24, 2.45) is 11.8 Å². The molecule has 1 saturated carbocycles. The first-order valence-corrected chi connectivity index (χ1v) is 14.4. The van der Waals surface area contributed by atoms with E-state index in [2.05, 4.69) is 0 Å². The van der Waals surface area contributed by atoms with Crippen molar-refractivity contribution in [1.29, 1.82) is 0 Å². The fourth-order valence-corrected chi connectivity index (χ4v) is 7.14. The minimum atomic E-state index is -5.04. The highest BCUT2D eigenvalue weighted by Gasteiger charge is 2.51. The van der Waals surface area contributed by atoms with E-state index in [9.17, 15) is 43.9 Å². The molecule has 40 heavy (non-hydrogen) atoms. The summed E-state index contributed by atoms with van der Waals surface area (Å²) < 4.78 is 130. The largest absolute Gasteiger partial charge is 0.492 e. The molecule has 2 atom stereocenters. The maximum absolute atomic E-state index is 14.2. The monoisotopic (exact) mass is 605 g/mol. The SMILES string of the molecule is C[C@H](COc1cc2c(cc1C(F)(F)F)N(C1CCC(F)(F)CC1)C[C@@H](CCC(C)(F)F)C(C)(C)S2(=O)=O)C(=O)O. The number of halogens is 7. The lowest BCUT2D eigenvalue weighted by atomic mass is 9.86. The third-order valence-electron chi connectivity index (χ3n) is 8.03. The van der Waals surface area contributed by atoms with Gasteiger partial charge in [-0.3, -0.25) is 4.79 Å². The molecular weight excluding hydrogens is 571 g/mol. The summed E-state index contributed by atoms with van der Waals surface area (Å²) in [5.74, 6) is -10.5. The highest BCUT2D eigenvalue weighted by atomic mass is 32.2. The average Bonchev–Trinajstić information content (AvgIpc) is 2.86. The predicted molar refractivity (Wildman–Crippen MR) is 133 cm³/mol. The Hall–Kier alpha value is -2.25. The number of nitrogens with zero attached hydrogens (tertiary/aromatic N) is 1. The van der Waals surface area contributed by atoms with Gasteiger partial charge >= 0.3 is 12.1 Å². The molecular formula is C26H34F7NO5S. The molecule has 0 bridgehead atoms. The summed E-state index contributed by atoms with van der Waals surface area (Å²) in [7, 11) is -4.51. The summed E-state index contributed by atoms with van der Waals surface area (Å²) in [5.41, 5.74) is -1.72. The lowest BCUT2D eigenvalue weighted by Gasteiger charge is -2.41. The van der Waals surface area contributed by atoms with Crippen molar-refractivity contribution in [3.63, 3.8) is 0 Å². The first-order chi connectivity index (χ1) is 18.1. The molecule has 0 radical (unpaired) electrons. The van der Waals surface area contributed by atoms with Gasteiger partial charge in [0.15, 0.2) is 9.84 Å². The molecule has 0 saturated heterocycles. The topological polar surface area (TPSA) is 83.9 Å². The third kappa shape index (κ3) is 6.79. The number of carboxylic acids is 1. The van der Waals surface area contributed by atoms with Crippen LogP contribution >= 0.6 is 0 Å². The van der Waals surface area contributed by atoms with Crippen LogP contribution in [0.25, 0.3) is 0 Å². The van der Waals surface area contributed by atoms with Crippen molar-refractivity contribution >= 4 is 21.5 Å². The molecule has 1 aromatic rings. The number of sulfone groups is 1. The van der Waals surface area contributed by atoms with Gasteiger partial charge in [-0.1, -0.05) is 0 Å². The zero-order chi connectivity index (χ0) is 30.5. The highest BCUT2D eigenvalue weighted by Crippen LogP contribution is 2.50. The Morgan fingerprint density at radius 3 is 2.23 bits per heavy atom. The summed E-state index contributed by atoms with van der Waals surface area (Å²) in [5, 5.41) is 9.11. The van der Waals surface area contributed by atoms with Crippen LogP contribution in [0.15, 0.2) is 17.0 Å². The van der Waals surface area contributed by atoms with Gasteiger partial charge in [0.1, 0.15) is 12.4 Å². The molecule has 1 N–H and O–H groups in total. The highest BCUT2D eigenvalue weighted by molar-refractivity contribution is 7.93. The number of alkyl halides is 7. The summed E-state index contributed by atoms with van der Waals surface area (Å²) in [6.07, 6.45) is -7.40. The molecule has 14 heteroatoms. The number of carbonyl (C=O) groups is 1. The van der Waals surface area contributed by atoms with Crippen LogP contribution in [0.2, 0.25) is 0 Å². The molecule has 1 aliphatic heterocycles. The van der Waals surface area contributed by atoms with E-state index in [1.807, 2.05) is 0 Å². The van der Waals surface area contributed by atoms with Crippen LogP contribution in [0.1, 0.15) is 71.8 Å². The van der Waals surface area contributed by atoms with Crippen LogP contribution in [0.3, 0.4) is 0 Å². The zero-order valence-corrected chi connectivity index (χ0v) is 23.4. The Morgan fingerprint density at radius 1 is 1.15 bits per heavy atom. The number of rotatable bonds is 8. The van der Waals surface area contributed by atoms with Crippen LogP contribution in [0.4, 0.5) is 36.4 Å². The number of hydrogen-bond acceptors (Lipinski definition) is 5. The Kier molecular flexibility index (Phi) is 8.76. The van der Waals surface area contributed by atoms with Crippen LogP contribution in [-0.2, 0) is 20.8 Å². The molecule has 1 aromatic carbocycles. The average molecular weight is 606 g/mol. The fourth-order valence-electron chi connectivity index (χ4n) is 5.22. The summed E-state index contributed by atoms with van der Waals surface area (Å²) >= 11 is 0. The maximum Gasteiger partial charge on any atom is 0.420 e. The standard InChI is InChI=1S/C26H34F7NO5S/c1-15(22(35)36)14-39-20-12-21-19(11-18(20)26(31,32)33)34(17-6-9-25(29,30)10-7-17)13-16(5-8-24(4,27)28)23(2,3)40(21,37)38/h11-12,15-17H,5-10,13-14H2,1-4H3,(H,35,36)/t15-,16-/m1/s1. The number of benzene rings is 1. The van der Waals surface area contributed by atoms with Crippen molar-refractivity contribution in [2.75, 3.05) is 18.1 Å². The van der Waals surface area contributed by atoms with Gasteiger partial charge in [-0.05, 0) is 58.9 Å². The number of aliphatic carboxylic acids is 1. The van der Waals surface area contributed by atoms with Gasteiger partial charge in [-0.2, -0.15) is 13.2 Å². The van der Waals surface area contributed by atoms with Gasteiger partial charge in [0.25, 0.3) is 0 Å². The van der Waals surface area contributed by atoms with Crippen molar-refractivity contribution in [2.45, 2.75) is 99.9 Å². The van der Waals surface area contributed by atoms with Crippen LogP contribution in [0, 0.1) is 11.8 Å². The van der Waals surface area contributed by atoms with Crippen molar-refractivity contribution in [1.82, 2.24) is 0 Å². The molecule has 6 nitrogen and oxygen atoms in total. The number of ether oxygens (including phenoxy) is 1. The van der Waals surface area contributed by atoms with E-state index in [4.69, 9.17) is 9.84 Å². The number of anilines is 1. The summed E-state index contributed by atoms with van der Waals surface area (Å²) in [6.45, 7) is 3.59. The predicted octanol–water partition coefficient (Wildman–Crippen LogP) is 6.81. The zero-order valence-electron chi connectivity index (χ0n) is 22.6. The van der Waals surface area contributed by atoms with Gasteiger partial charge < -0.3 is 14.7 Å². The molecule has 3 rings (SSSR count). The van der Waals surface area contributed by atoms with E-state index >= 15 is 0 Å². The lowest BCUT2D eigenvalue weighted by Crippen LogP contribution is -2.47. The number of hydrogen-bond donors (Lipinski definition) is 1. The minimum Gasteiger partial charge on any atom is -0.492 e. The summed E-state index contributed by atoms with van der Waals surface area (Å²) in [6, 6.07) is 0.533. The fraction of sp³-hybridized carbons (Fsp3) is 0.731. The Bertz CT molecular complexity index is 1200. The number of fused-ring (bicyclic) bond motifs is 1. The molecule has 1 heterocycles. The van der Waals surface area contributed by atoms with Crippen LogP contribution in [-0.4, -0.2) is 55.3 Å². The van der Waals surface area contributed by atoms with Crippen LogP contribution < -0.4 is 9.64 Å². The number of carboxylic acid groups (broad SMARTS) is 1. The van der Waals surface area contributed by atoms with Gasteiger partial charge in [-0.25, -0.2) is 26.0 Å². The molecule has 0 unspecified atom stereocenters. The van der Waals surface area contributed by atoms with E-state index in [-0.39, 0.29) is 31.5 Å². The van der Waals surface area contributed by atoms with Crippen LogP contribution in [0.5, 0.6) is 5.75 Å². The normalized spacial score (nSPS) is 23.7. The van der Waals surface area contributed by atoms with E-state index < -0.39 is 98.5 Å². The minimum absolute atomic E-state index is 0.140. The molecule has 228 valence electrons. The second-order valence-corrected chi connectivity index (χ2v) is 14.0. The smallest absolute Gasteiger partial charge is 0.420 e. The van der Waals surface area contributed by atoms with E-state index in [0.29, 0.717) is 19.1 Å². The second-order valence-electron chi connectivity index (χ2n) is 11.5. The Morgan fingerprint density at radius 2 is 1.73 bits per heavy atom. The van der Waals surface area contributed by atoms with Gasteiger partial charge in [0.2, 0.25) is 11.8 Å². The van der Waals surface area contributed by atoms with Gasteiger partial charge in [0.05, 0.1) is 26.8 Å². The second kappa shape index (κ2) is 10.9. The molecule has 1 fully saturated rings. The molecule has 0 amide bonds. The van der Waals surface area contributed by atoms with E-state index in [1.165, 1.54) is 25.7 Å². The van der Waals surface area contributed by atoms with E-state index in [1.54, 1.807) is 0 Å². The Balaban J connectivity index is 2.23. The molecule has 2 aliphatic rings. The summed E-state index contributed by atoms with van der Waals surface area (Å²) in [4.78, 5) is 12.0. The maximum atomic E-state index is 14.2. The van der Waals surface area contributed by atoms with E-state index in [0.717, 1.165) is 0 Å². The van der Waals surface area contributed by atoms with Crippen molar-refractivity contribution < 1.29 is 53.8 Å².